The van der Waals surface area contributed by atoms with Crippen LogP contribution in [0.2, 0.25) is 0 Å². The molecule has 6 heteroatoms. The molecule has 0 fully saturated rings. The van der Waals surface area contributed by atoms with E-state index < -0.39 is 11.6 Å². The van der Waals surface area contributed by atoms with Gasteiger partial charge in [0.25, 0.3) is 0 Å². The molecule has 0 spiro atoms. The zero-order chi connectivity index (χ0) is 18.3. The van der Waals surface area contributed by atoms with Crippen molar-refractivity contribution < 1.29 is 13.2 Å². The lowest BCUT2D eigenvalue weighted by Crippen LogP contribution is -2.00. The van der Waals surface area contributed by atoms with Gasteiger partial charge in [-0.25, -0.2) is 18.2 Å². The first-order valence-electron chi connectivity index (χ1n) is 7.99. The number of benzene rings is 2. The molecule has 0 unspecified atom stereocenters. The van der Waals surface area contributed by atoms with Gasteiger partial charge < -0.3 is 5.32 Å². The second kappa shape index (κ2) is 6.22. The fraction of sp³-hybridized carbons (Fsp3) is 0.0500. The van der Waals surface area contributed by atoms with E-state index in [4.69, 9.17) is 0 Å². The normalized spacial score (nSPS) is 11.1. The Morgan fingerprint density at radius 3 is 2.19 bits per heavy atom. The second-order valence-electron chi connectivity index (χ2n) is 5.90. The molecule has 130 valence electrons. The van der Waals surface area contributed by atoms with E-state index in [1.807, 2.05) is 19.1 Å². The highest BCUT2D eigenvalue weighted by Gasteiger charge is 2.21. The maximum atomic E-state index is 14.4. The number of pyridine rings is 1. The van der Waals surface area contributed by atoms with E-state index in [1.54, 1.807) is 22.6 Å². The average Bonchev–Trinajstić information content (AvgIpc) is 2.96. The lowest BCUT2D eigenvalue weighted by molar-refractivity contribution is 0.589. The highest BCUT2D eigenvalue weighted by Crippen LogP contribution is 2.35. The van der Waals surface area contributed by atoms with Gasteiger partial charge in [0.05, 0.1) is 5.56 Å². The van der Waals surface area contributed by atoms with Crippen molar-refractivity contribution in [1.29, 1.82) is 0 Å². The lowest BCUT2D eigenvalue weighted by Gasteiger charge is -2.11. The van der Waals surface area contributed by atoms with Crippen molar-refractivity contribution in [1.82, 2.24) is 9.38 Å². The predicted molar refractivity (Wildman–Crippen MR) is 95.0 cm³/mol. The number of hydrogen-bond donors (Lipinski definition) is 1. The molecule has 0 amide bonds. The number of nitrogens with zero attached hydrogens (tertiary/aromatic N) is 2. The van der Waals surface area contributed by atoms with Gasteiger partial charge >= 0.3 is 0 Å². The molecule has 0 aliphatic carbocycles. The van der Waals surface area contributed by atoms with Crippen molar-refractivity contribution in [2.45, 2.75) is 6.92 Å². The molecule has 3 nitrogen and oxygen atoms in total. The molecule has 0 atom stereocenters. The maximum absolute atomic E-state index is 14.4. The standard InChI is InChI=1S/C20H14F3N3/c1-12-4-2-7-17-25-19(18-15(22)5-3-6-16(18)23)20(26(12)17)24-14-10-8-13(21)9-11-14/h2-11,24H,1H3. The zero-order valence-corrected chi connectivity index (χ0v) is 13.8. The van der Waals surface area contributed by atoms with E-state index in [1.165, 1.54) is 30.3 Å². The molecule has 1 N–H and O–H groups in total. The van der Waals surface area contributed by atoms with E-state index in [9.17, 15) is 13.2 Å². The first-order chi connectivity index (χ1) is 12.5. The van der Waals surface area contributed by atoms with Crippen LogP contribution in [0.1, 0.15) is 5.69 Å². The summed E-state index contributed by atoms with van der Waals surface area (Å²) in [5, 5.41) is 3.12. The van der Waals surface area contributed by atoms with Crippen LogP contribution in [-0.4, -0.2) is 9.38 Å². The molecular formula is C20H14F3N3. The molecule has 4 aromatic rings. The highest BCUT2D eigenvalue weighted by molar-refractivity contribution is 5.80. The number of anilines is 2. The molecule has 0 radical (unpaired) electrons. The Bertz CT molecular complexity index is 1080. The van der Waals surface area contributed by atoms with E-state index in [-0.39, 0.29) is 17.1 Å². The van der Waals surface area contributed by atoms with Gasteiger partial charge in [-0.15, -0.1) is 0 Å². The number of aryl methyl sites for hydroxylation is 1. The van der Waals surface area contributed by atoms with Crippen molar-refractivity contribution in [3.63, 3.8) is 0 Å². The van der Waals surface area contributed by atoms with Crippen LogP contribution in [0.5, 0.6) is 0 Å². The van der Waals surface area contributed by atoms with Crippen LogP contribution in [0.3, 0.4) is 0 Å². The third kappa shape index (κ3) is 2.69. The molecule has 0 saturated heterocycles. The zero-order valence-electron chi connectivity index (χ0n) is 13.8. The van der Waals surface area contributed by atoms with Crippen molar-refractivity contribution in [3.8, 4) is 11.3 Å². The van der Waals surface area contributed by atoms with Gasteiger partial charge in [-0.1, -0.05) is 12.1 Å². The van der Waals surface area contributed by atoms with E-state index in [2.05, 4.69) is 10.3 Å². The number of fused-ring (bicyclic) bond motifs is 1. The Labute approximate surface area is 147 Å². The van der Waals surface area contributed by atoms with Gasteiger partial charge in [0.15, 0.2) is 0 Å². The molecule has 4 rings (SSSR count). The number of nitrogens with one attached hydrogen (secondary N) is 1. The largest absolute Gasteiger partial charge is 0.339 e. The van der Waals surface area contributed by atoms with Crippen LogP contribution in [-0.2, 0) is 0 Å². The first kappa shape index (κ1) is 16.2. The van der Waals surface area contributed by atoms with Crippen LogP contribution in [0, 0.1) is 24.4 Å². The maximum Gasteiger partial charge on any atom is 0.143 e. The Hall–Kier alpha value is -3.28. The first-order valence-corrected chi connectivity index (χ1v) is 7.99. The summed E-state index contributed by atoms with van der Waals surface area (Å²) < 4.78 is 43.7. The molecule has 2 heterocycles. The average molecular weight is 353 g/mol. The summed E-state index contributed by atoms with van der Waals surface area (Å²) in [6.45, 7) is 1.87. The predicted octanol–water partition coefficient (Wildman–Crippen LogP) is 5.47. The number of rotatable bonds is 3. The van der Waals surface area contributed by atoms with Crippen LogP contribution >= 0.6 is 0 Å². The van der Waals surface area contributed by atoms with Gasteiger partial charge in [0.2, 0.25) is 0 Å². The molecule has 0 saturated carbocycles. The quantitative estimate of drug-likeness (QED) is 0.529. The molecule has 2 aromatic heterocycles. The number of hydrogen-bond acceptors (Lipinski definition) is 2. The minimum absolute atomic E-state index is 0.152. The van der Waals surface area contributed by atoms with Crippen LogP contribution in [0.15, 0.2) is 60.7 Å². The van der Waals surface area contributed by atoms with Crippen molar-refractivity contribution >= 4 is 17.2 Å². The molecular weight excluding hydrogens is 339 g/mol. The Morgan fingerprint density at radius 1 is 0.846 bits per heavy atom. The van der Waals surface area contributed by atoms with Crippen molar-refractivity contribution in [2.75, 3.05) is 5.32 Å². The summed E-state index contributed by atoms with van der Waals surface area (Å²) in [6.07, 6.45) is 0. The van der Waals surface area contributed by atoms with Gasteiger partial charge in [-0.05, 0) is 55.5 Å². The Morgan fingerprint density at radius 2 is 1.50 bits per heavy atom. The summed E-state index contributed by atoms with van der Waals surface area (Å²) in [4.78, 5) is 4.43. The van der Waals surface area contributed by atoms with Crippen LogP contribution in [0.25, 0.3) is 16.9 Å². The molecule has 26 heavy (non-hydrogen) atoms. The Kier molecular flexibility index (Phi) is 3.88. The fourth-order valence-corrected chi connectivity index (χ4v) is 2.94. The second-order valence-corrected chi connectivity index (χ2v) is 5.90. The third-order valence-corrected chi connectivity index (χ3v) is 4.15. The van der Waals surface area contributed by atoms with Gasteiger partial charge in [-0.3, -0.25) is 4.40 Å². The van der Waals surface area contributed by atoms with Crippen LogP contribution in [0.4, 0.5) is 24.7 Å². The van der Waals surface area contributed by atoms with E-state index in [0.29, 0.717) is 17.2 Å². The van der Waals surface area contributed by atoms with Crippen molar-refractivity contribution in [2.24, 2.45) is 0 Å². The fourth-order valence-electron chi connectivity index (χ4n) is 2.94. The third-order valence-electron chi connectivity index (χ3n) is 4.15. The number of aromatic nitrogens is 2. The monoisotopic (exact) mass is 353 g/mol. The van der Waals surface area contributed by atoms with Crippen LogP contribution < -0.4 is 5.32 Å². The van der Waals surface area contributed by atoms with Gasteiger partial charge in [0.1, 0.15) is 34.6 Å². The summed E-state index contributed by atoms with van der Waals surface area (Å²) in [6, 6.07) is 14.8. The molecule has 0 aliphatic heterocycles. The molecule has 2 aromatic carbocycles. The minimum Gasteiger partial charge on any atom is -0.339 e. The lowest BCUT2D eigenvalue weighted by atomic mass is 10.1. The van der Waals surface area contributed by atoms with Gasteiger partial charge in [0, 0.05) is 11.4 Å². The topological polar surface area (TPSA) is 29.3 Å². The Balaban J connectivity index is 1.98. The van der Waals surface area contributed by atoms with E-state index in [0.717, 1.165) is 5.69 Å². The number of halogens is 3. The smallest absolute Gasteiger partial charge is 0.143 e. The summed E-state index contributed by atoms with van der Waals surface area (Å²) in [7, 11) is 0. The van der Waals surface area contributed by atoms with Crippen molar-refractivity contribution in [3.05, 3.63) is 83.8 Å². The highest BCUT2D eigenvalue weighted by atomic mass is 19.1. The summed E-state index contributed by atoms with van der Waals surface area (Å²) in [5.41, 5.74) is 1.91. The van der Waals surface area contributed by atoms with Gasteiger partial charge in [-0.2, -0.15) is 0 Å². The molecule has 0 aliphatic rings. The van der Waals surface area contributed by atoms with E-state index >= 15 is 0 Å². The summed E-state index contributed by atoms with van der Waals surface area (Å²) in [5.74, 6) is -1.36. The number of imidazole rings is 1. The summed E-state index contributed by atoms with van der Waals surface area (Å²) >= 11 is 0. The SMILES string of the molecule is Cc1cccc2nc(-c3c(F)cccc3F)c(Nc3ccc(F)cc3)n12. The minimum atomic E-state index is -0.701. The molecule has 0 bridgehead atoms.